The number of nitrogens with two attached hydrogens (primary N) is 1. The van der Waals surface area contributed by atoms with Crippen LogP contribution < -0.4 is 15.8 Å². The molecule has 19 heavy (non-hydrogen) atoms. The third-order valence-corrected chi connectivity index (χ3v) is 3.07. The van der Waals surface area contributed by atoms with Crippen molar-refractivity contribution in [1.82, 2.24) is 4.98 Å². The van der Waals surface area contributed by atoms with E-state index in [0.717, 1.165) is 23.6 Å². The maximum Gasteiger partial charge on any atom is 0.121 e. The summed E-state index contributed by atoms with van der Waals surface area (Å²) in [6.45, 7) is 2.79. The zero-order valence-electron chi connectivity index (χ0n) is 11.3. The zero-order chi connectivity index (χ0) is 13.7. The number of hydrogen-bond donors (Lipinski definition) is 2. The first kappa shape index (κ1) is 13.2. The van der Waals surface area contributed by atoms with E-state index in [1.807, 2.05) is 30.5 Å². The van der Waals surface area contributed by atoms with E-state index in [1.165, 1.54) is 5.56 Å². The Bertz CT molecular complexity index is 555. The molecule has 2 rings (SSSR count). The predicted molar refractivity (Wildman–Crippen MR) is 78.3 cm³/mol. The van der Waals surface area contributed by atoms with E-state index in [9.17, 15) is 0 Å². The molecule has 0 aliphatic carbocycles. The molecule has 3 N–H and O–H groups in total. The Kier molecular flexibility index (Phi) is 4.23. The van der Waals surface area contributed by atoms with Crippen molar-refractivity contribution in [2.24, 2.45) is 0 Å². The lowest BCUT2D eigenvalue weighted by molar-refractivity contribution is 0.415. The van der Waals surface area contributed by atoms with Crippen LogP contribution in [0.15, 0.2) is 36.5 Å². The molecule has 0 bridgehead atoms. The molecule has 0 aliphatic heterocycles. The van der Waals surface area contributed by atoms with Crippen LogP contribution in [-0.2, 0) is 13.0 Å². The molecule has 0 atom stereocenters. The number of ether oxygens (including phenoxy) is 1. The molecule has 0 spiro atoms. The van der Waals surface area contributed by atoms with Crippen LogP contribution in [-0.4, -0.2) is 12.1 Å². The quantitative estimate of drug-likeness (QED) is 0.809. The molecule has 1 heterocycles. The number of pyridine rings is 1. The van der Waals surface area contributed by atoms with E-state index in [-0.39, 0.29) is 0 Å². The van der Waals surface area contributed by atoms with Crippen molar-refractivity contribution in [3.8, 4) is 5.75 Å². The molecule has 0 amide bonds. The van der Waals surface area contributed by atoms with Gasteiger partial charge in [0.05, 0.1) is 30.7 Å². The van der Waals surface area contributed by atoms with Crippen LogP contribution in [0, 0.1) is 0 Å². The predicted octanol–water partition coefficient (Wildman–Crippen LogP) is 2.85. The summed E-state index contributed by atoms with van der Waals surface area (Å²) >= 11 is 0. The Morgan fingerprint density at radius 1 is 1.32 bits per heavy atom. The Morgan fingerprint density at radius 3 is 2.84 bits per heavy atom. The minimum atomic E-state index is 0.667. The van der Waals surface area contributed by atoms with Crippen LogP contribution in [0.5, 0.6) is 5.75 Å². The van der Waals surface area contributed by atoms with Crippen molar-refractivity contribution in [1.29, 1.82) is 0 Å². The summed E-state index contributed by atoms with van der Waals surface area (Å²) < 4.78 is 5.13. The monoisotopic (exact) mass is 257 g/mol. The topological polar surface area (TPSA) is 60.2 Å². The van der Waals surface area contributed by atoms with Gasteiger partial charge in [0.15, 0.2) is 0 Å². The van der Waals surface area contributed by atoms with Crippen LogP contribution >= 0.6 is 0 Å². The second-order valence-electron chi connectivity index (χ2n) is 4.27. The summed E-state index contributed by atoms with van der Waals surface area (Å²) in [4.78, 5) is 4.40. The van der Waals surface area contributed by atoms with Crippen molar-refractivity contribution in [2.45, 2.75) is 19.9 Å². The molecule has 0 fully saturated rings. The van der Waals surface area contributed by atoms with Gasteiger partial charge in [-0.05, 0) is 30.2 Å². The van der Waals surface area contributed by atoms with Crippen molar-refractivity contribution in [3.05, 3.63) is 47.8 Å². The van der Waals surface area contributed by atoms with E-state index in [4.69, 9.17) is 10.5 Å². The number of aryl methyl sites for hydroxylation is 1. The molecule has 0 saturated carbocycles. The highest BCUT2D eigenvalue weighted by atomic mass is 16.5. The first-order valence-corrected chi connectivity index (χ1v) is 6.34. The van der Waals surface area contributed by atoms with Crippen LogP contribution in [0.4, 0.5) is 11.4 Å². The lowest BCUT2D eigenvalue weighted by atomic mass is 10.1. The second-order valence-corrected chi connectivity index (χ2v) is 4.27. The molecular formula is C15H19N3O. The van der Waals surface area contributed by atoms with Crippen LogP contribution in [0.3, 0.4) is 0 Å². The van der Waals surface area contributed by atoms with Crippen LogP contribution in [0.1, 0.15) is 18.2 Å². The normalized spacial score (nSPS) is 10.2. The molecule has 0 saturated heterocycles. The smallest absolute Gasteiger partial charge is 0.121 e. The lowest BCUT2D eigenvalue weighted by Gasteiger charge is -2.12. The maximum absolute atomic E-state index is 5.97. The van der Waals surface area contributed by atoms with E-state index in [1.54, 1.807) is 7.11 Å². The molecular weight excluding hydrogens is 238 g/mol. The fourth-order valence-corrected chi connectivity index (χ4v) is 1.96. The third kappa shape index (κ3) is 3.16. The number of nitrogen functional groups attached to an aromatic ring is 1. The maximum atomic E-state index is 5.97. The molecule has 0 aliphatic rings. The first-order valence-electron chi connectivity index (χ1n) is 6.34. The van der Waals surface area contributed by atoms with Gasteiger partial charge in [-0.2, -0.15) is 0 Å². The molecule has 0 radical (unpaired) electrons. The van der Waals surface area contributed by atoms with Gasteiger partial charge in [-0.15, -0.1) is 0 Å². The van der Waals surface area contributed by atoms with Gasteiger partial charge in [0.1, 0.15) is 5.75 Å². The Morgan fingerprint density at radius 2 is 2.16 bits per heavy atom. The summed E-state index contributed by atoms with van der Waals surface area (Å²) in [6.07, 6.45) is 2.79. The van der Waals surface area contributed by atoms with Crippen LogP contribution in [0.2, 0.25) is 0 Å². The van der Waals surface area contributed by atoms with Gasteiger partial charge >= 0.3 is 0 Å². The number of benzene rings is 1. The van der Waals surface area contributed by atoms with Crippen molar-refractivity contribution < 1.29 is 4.74 Å². The van der Waals surface area contributed by atoms with Crippen molar-refractivity contribution in [2.75, 3.05) is 18.2 Å². The van der Waals surface area contributed by atoms with Gasteiger partial charge in [-0.3, -0.25) is 4.98 Å². The van der Waals surface area contributed by atoms with Crippen molar-refractivity contribution >= 4 is 11.4 Å². The minimum Gasteiger partial charge on any atom is -0.497 e. The Balaban J connectivity index is 2.10. The molecule has 100 valence electrons. The average Bonchev–Trinajstić information content (AvgIpc) is 2.46. The van der Waals surface area contributed by atoms with E-state index in [0.29, 0.717) is 12.2 Å². The summed E-state index contributed by atoms with van der Waals surface area (Å²) in [5.74, 6) is 0.759. The summed E-state index contributed by atoms with van der Waals surface area (Å²) in [7, 11) is 1.63. The second kappa shape index (κ2) is 6.09. The van der Waals surface area contributed by atoms with Gasteiger partial charge in [-0.25, -0.2) is 0 Å². The fraction of sp³-hybridized carbons (Fsp3) is 0.267. The Labute approximate surface area is 113 Å². The van der Waals surface area contributed by atoms with Gasteiger partial charge in [-0.1, -0.05) is 13.0 Å². The van der Waals surface area contributed by atoms with E-state index in [2.05, 4.69) is 23.3 Å². The van der Waals surface area contributed by atoms with Gasteiger partial charge in [0.2, 0.25) is 0 Å². The first-order chi connectivity index (χ1) is 9.24. The molecule has 1 aromatic heterocycles. The molecule has 1 aromatic carbocycles. The average molecular weight is 257 g/mol. The summed E-state index contributed by atoms with van der Waals surface area (Å²) in [6, 6.07) is 9.67. The third-order valence-electron chi connectivity index (χ3n) is 3.07. The zero-order valence-corrected chi connectivity index (χ0v) is 11.3. The highest BCUT2D eigenvalue weighted by molar-refractivity contribution is 5.68. The number of nitrogens with zero attached hydrogens (tertiary/aromatic N) is 1. The van der Waals surface area contributed by atoms with E-state index >= 15 is 0 Å². The molecule has 4 heteroatoms. The highest BCUT2D eigenvalue weighted by Crippen LogP contribution is 2.24. The van der Waals surface area contributed by atoms with Gasteiger partial charge < -0.3 is 15.8 Å². The van der Waals surface area contributed by atoms with Crippen LogP contribution in [0.25, 0.3) is 0 Å². The standard InChI is InChI=1S/C15H19N3O/c1-3-11-5-4-8-17-15(11)10-18-14-7-6-12(19-2)9-13(14)16/h4-9,18H,3,10,16H2,1-2H3. The van der Waals surface area contributed by atoms with Crippen molar-refractivity contribution in [3.63, 3.8) is 0 Å². The van der Waals surface area contributed by atoms with Gasteiger partial charge in [0, 0.05) is 12.3 Å². The number of nitrogens with one attached hydrogen (secondary N) is 1. The number of rotatable bonds is 5. The summed E-state index contributed by atoms with van der Waals surface area (Å²) in [5.41, 5.74) is 9.85. The summed E-state index contributed by atoms with van der Waals surface area (Å²) in [5, 5.41) is 3.31. The molecule has 0 unspecified atom stereocenters. The van der Waals surface area contributed by atoms with E-state index < -0.39 is 0 Å². The number of aromatic nitrogens is 1. The lowest BCUT2D eigenvalue weighted by Crippen LogP contribution is -2.06. The fourth-order valence-electron chi connectivity index (χ4n) is 1.96. The van der Waals surface area contributed by atoms with Gasteiger partial charge in [0.25, 0.3) is 0 Å². The molecule has 2 aromatic rings. The number of anilines is 2. The Hall–Kier alpha value is -2.23. The molecule has 4 nitrogen and oxygen atoms in total. The minimum absolute atomic E-state index is 0.667. The SMILES string of the molecule is CCc1cccnc1CNc1ccc(OC)cc1N. The largest absolute Gasteiger partial charge is 0.497 e. The number of methoxy groups -OCH3 is 1. The highest BCUT2D eigenvalue weighted by Gasteiger charge is 2.04. The number of hydrogen-bond acceptors (Lipinski definition) is 4.